The summed E-state index contributed by atoms with van der Waals surface area (Å²) in [5.41, 5.74) is 1.12. The van der Waals surface area contributed by atoms with E-state index in [1.54, 1.807) is 24.3 Å². The number of anilines is 1. The van der Waals surface area contributed by atoms with Crippen molar-refractivity contribution in [1.29, 1.82) is 0 Å². The zero-order valence-electron chi connectivity index (χ0n) is 20.0. The molecule has 8 heteroatoms. The molecule has 0 saturated carbocycles. The van der Waals surface area contributed by atoms with E-state index in [0.29, 0.717) is 23.7 Å². The highest BCUT2D eigenvalue weighted by molar-refractivity contribution is 8.15. The second kappa shape index (κ2) is 12.2. The predicted octanol–water partition coefficient (Wildman–Crippen LogP) is 4.40. The number of rotatable bonds is 9. The lowest BCUT2D eigenvalue weighted by atomic mass is 10.0. The largest absolute Gasteiger partial charge is 0.351 e. The molecule has 7 nitrogen and oxygen atoms in total. The number of hydrogen-bond donors (Lipinski definition) is 1. The minimum Gasteiger partial charge on any atom is -0.351 e. The lowest BCUT2D eigenvalue weighted by Crippen LogP contribution is -2.35. The van der Waals surface area contributed by atoms with Gasteiger partial charge in [-0.05, 0) is 50.3 Å². The van der Waals surface area contributed by atoms with Crippen molar-refractivity contribution in [3.8, 4) is 0 Å². The van der Waals surface area contributed by atoms with Gasteiger partial charge in [0, 0.05) is 43.9 Å². The van der Waals surface area contributed by atoms with Gasteiger partial charge < -0.3 is 15.1 Å². The van der Waals surface area contributed by atoms with Crippen LogP contribution in [-0.4, -0.2) is 64.1 Å². The molecule has 1 N–H and O–H groups in total. The Labute approximate surface area is 201 Å². The second-order valence-electron chi connectivity index (χ2n) is 8.75. The molecule has 2 heterocycles. The number of piperidine rings is 1. The molecular weight excluding hydrogens is 436 g/mol. The molecule has 0 bridgehead atoms. The maximum Gasteiger partial charge on any atom is 0.262 e. The zero-order chi connectivity index (χ0) is 23.8. The average Bonchev–Trinajstić information content (AvgIpc) is 3.20. The van der Waals surface area contributed by atoms with Crippen LogP contribution in [0.1, 0.15) is 69.7 Å². The molecule has 0 aromatic heterocycles. The van der Waals surface area contributed by atoms with Crippen molar-refractivity contribution in [2.24, 2.45) is 10.9 Å². The van der Waals surface area contributed by atoms with Gasteiger partial charge in [-0.3, -0.25) is 14.4 Å². The van der Waals surface area contributed by atoms with Crippen LogP contribution in [-0.2, 0) is 9.59 Å². The number of carbonyl (C=O) groups is 3. The van der Waals surface area contributed by atoms with Gasteiger partial charge in [0.15, 0.2) is 5.17 Å². The van der Waals surface area contributed by atoms with Crippen LogP contribution in [0.4, 0.5) is 5.69 Å². The first-order valence-corrected chi connectivity index (χ1v) is 13.1. The molecule has 3 rings (SSSR count). The normalized spacial score (nSPS) is 18.4. The van der Waals surface area contributed by atoms with Crippen LogP contribution in [0.5, 0.6) is 0 Å². The molecule has 1 aromatic carbocycles. The SMILES string of the molecule is CCC(CC)CN(CC)C(=O)c1cccc(NC(=O)CC2SC(N3CCCCC3)=NC2=O)c1. The first-order valence-electron chi connectivity index (χ1n) is 12.2. The van der Waals surface area contributed by atoms with Crippen molar-refractivity contribution in [3.63, 3.8) is 0 Å². The Hall–Kier alpha value is -2.35. The number of likely N-dealkylation sites (tertiary alicyclic amines) is 1. The van der Waals surface area contributed by atoms with E-state index < -0.39 is 5.25 Å². The summed E-state index contributed by atoms with van der Waals surface area (Å²) in [6.07, 6.45) is 5.58. The first kappa shape index (κ1) is 25.3. The molecule has 1 unspecified atom stereocenters. The summed E-state index contributed by atoms with van der Waals surface area (Å²) >= 11 is 1.39. The van der Waals surface area contributed by atoms with Gasteiger partial charge in [-0.15, -0.1) is 0 Å². The molecular formula is C25H36N4O3S. The Kier molecular flexibility index (Phi) is 9.35. The van der Waals surface area contributed by atoms with E-state index in [-0.39, 0.29) is 24.1 Å². The van der Waals surface area contributed by atoms with Gasteiger partial charge in [0.1, 0.15) is 5.25 Å². The summed E-state index contributed by atoms with van der Waals surface area (Å²) in [6.45, 7) is 9.51. The zero-order valence-corrected chi connectivity index (χ0v) is 20.8. The Balaban J connectivity index is 1.57. The number of nitrogens with one attached hydrogen (secondary N) is 1. The van der Waals surface area contributed by atoms with Crippen molar-refractivity contribution < 1.29 is 14.4 Å². The molecule has 33 heavy (non-hydrogen) atoms. The number of carbonyl (C=O) groups excluding carboxylic acids is 3. The number of aliphatic imine (C=N–C) groups is 1. The van der Waals surface area contributed by atoms with Crippen LogP contribution in [0, 0.1) is 5.92 Å². The van der Waals surface area contributed by atoms with E-state index in [1.165, 1.54) is 18.2 Å². The highest BCUT2D eigenvalue weighted by Crippen LogP contribution is 2.29. The van der Waals surface area contributed by atoms with E-state index in [1.807, 2.05) is 11.8 Å². The maximum atomic E-state index is 13.0. The van der Waals surface area contributed by atoms with Gasteiger partial charge in [0.05, 0.1) is 0 Å². The fourth-order valence-corrected chi connectivity index (χ4v) is 5.35. The van der Waals surface area contributed by atoms with Crippen molar-refractivity contribution in [1.82, 2.24) is 9.80 Å². The highest BCUT2D eigenvalue weighted by atomic mass is 32.2. The minimum absolute atomic E-state index is 0.0263. The Morgan fingerprint density at radius 2 is 1.91 bits per heavy atom. The topological polar surface area (TPSA) is 82.1 Å². The number of amides is 3. The van der Waals surface area contributed by atoms with E-state index in [0.717, 1.165) is 50.5 Å². The van der Waals surface area contributed by atoms with Gasteiger partial charge in [-0.2, -0.15) is 4.99 Å². The number of thioether (sulfide) groups is 1. The smallest absolute Gasteiger partial charge is 0.262 e. The van der Waals surface area contributed by atoms with Gasteiger partial charge in [-0.1, -0.05) is 44.5 Å². The van der Waals surface area contributed by atoms with E-state index >= 15 is 0 Å². The van der Waals surface area contributed by atoms with Gasteiger partial charge in [-0.25, -0.2) is 0 Å². The molecule has 0 radical (unpaired) electrons. The minimum atomic E-state index is -0.484. The molecule has 1 saturated heterocycles. The van der Waals surface area contributed by atoms with Crippen molar-refractivity contribution in [2.75, 3.05) is 31.5 Å². The Morgan fingerprint density at radius 3 is 2.58 bits per heavy atom. The lowest BCUT2D eigenvalue weighted by Gasteiger charge is -2.27. The average molecular weight is 473 g/mol. The van der Waals surface area contributed by atoms with Crippen LogP contribution in [0.15, 0.2) is 29.3 Å². The van der Waals surface area contributed by atoms with Crippen molar-refractivity contribution in [2.45, 2.75) is 64.5 Å². The number of amidine groups is 1. The fraction of sp³-hybridized carbons (Fsp3) is 0.600. The summed E-state index contributed by atoms with van der Waals surface area (Å²) in [6, 6.07) is 7.05. The van der Waals surface area contributed by atoms with E-state index in [4.69, 9.17) is 0 Å². The summed E-state index contributed by atoms with van der Waals surface area (Å²) in [5.74, 6) is -0.0264. The van der Waals surface area contributed by atoms with Gasteiger partial charge in [0.25, 0.3) is 11.8 Å². The Morgan fingerprint density at radius 1 is 1.18 bits per heavy atom. The van der Waals surface area contributed by atoms with Crippen molar-refractivity contribution >= 4 is 40.3 Å². The van der Waals surface area contributed by atoms with Crippen LogP contribution < -0.4 is 5.32 Å². The van der Waals surface area contributed by atoms with E-state index in [9.17, 15) is 14.4 Å². The third-order valence-corrected chi connectivity index (χ3v) is 7.63. The van der Waals surface area contributed by atoms with Crippen molar-refractivity contribution in [3.05, 3.63) is 29.8 Å². The predicted molar refractivity (Wildman–Crippen MR) is 135 cm³/mol. The molecule has 0 spiro atoms. The Bertz CT molecular complexity index is 878. The maximum absolute atomic E-state index is 13.0. The highest BCUT2D eigenvalue weighted by Gasteiger charge is 2.33. The molecule has 180 valence electrons. The lowest BCUT2D eigenvalue weighted by molar-refractivity contribution is -0.121. The molecule has 1 fully saturated rings. The molecule has 1 atom stereocenters. The van der Waals surface area contributed by atoms with Gasteiger partial charge in [0.2, 0.25) is 5.91 Å². The molecule has 2 aliphatic rings. The third kappa shape index (κ3) is 6.82. The van der Waals surface area contributed by atoms with Crippen LogP contribution in [0.3, 0.4) is 0 Å². The van der Waals surface area contributed by atoms with Crippen LogP contribution >= 0.6 is 11.8 Å². The summed E-state index contributed by atoms with van der Waals surface area (Å²) < 4.78 is 0. The summed E-state index contributed by atoms with van der Waals surface area (Å²) in [4.78, 5) is 46.2. The standard InChI is InChI=1S/C25H36N4O3S/c1-4-18(5-2)17-28(6-3)24(32)19-11-10-12-20(15-19)26-22(30)16-21-23(31)27-25(33-21)29-13-8-7-9-14-29/h10-12,15,18,21H,4-9,13-14,16-17H2,1-3H3,(H,26,30). The number of hydrogen-bond acceptors (Lipinski definition) is 5. The molecule has 2 aliphatic heterocycles. The summed E-state index contributed by atoms with van der Waals surface area (Å²) in [7, 11) is 0. The molecule has 0 aliphatic carbocycles. The molecule has 1 aromatic rings. The van der Waals surface area contributed by atoms with Crippen LogP contribution in [0.25, 0.3) is 0 Å². The summed E-state index contributed by atoms with van der Waals surface area (Å²) in [5, 5.41) is 3.13. The third-order valence-electron chi connectivity index (χ3n) is 6.42. The van der Waals surface area contributed by atoms with E-state index in [2.05, 4.69) is 29.1 Å². The monoisotopic (exact) mass is 472 g/mol. The van der Waals surface area contributed by atoms with Gasteiger partial charge >= 0.3 is 0 Å². The fourth-order valence-electron chi connectivity index (χ4n) is 4.24. The number of nitrogens with zero attached hydrogens (tertiary/aromatic N) is 3. The quantitative estimate of drug-likeness (QED) is 0.576. The second-order valence-corrected chi connectivity index (χ2v) is 9.92. The van der Waals surface area contributed by atoms with Crippen LogP contribution in [0.2, 0.25) is 0 Å². The molecule has 3 amide bonds. The first-order chi connectivity index (χ1) is 15.9. The number of benzene rings is 1.